The van der Waals surface area contributed by atoms with Gasteiger partial charge >= 0.3 is 6.03 Å². The van der Waals surface area contributed by atoms with Crippen LogP contribution >= 0.6 is 23.2 Å². The summed E-state index contributed by atoms with van der Waals surface area (Å²) in [6.07, 6.45) is 7.29. The first kappa shape index (κ1) is 22.5. The molecule has 0 bridgehead atoms. The van der Waals surface area contributed by atoms with E-state index in [1.54, 1.807) is 18.3 Å². The van der Waals surface area contributed by atoms with Crippen molar-refractivity contribution in [3.05, 3.63) is 46.2 Å². The topological polar surface area (TPSA) is 83.7 Å². The Morgan fingerprint density at radius 2 is 1.94 bits per heavy atom. The highest BCUT2D eigenvalue weighted by Gasteiger charge is 2.44. The highest BCUT2D eigenvalue weighted by Crippen LogP contribution is 2.40. The first-order chi connectivity index (χ1) is 15.8. The number of likely N-dealkylation sites (tertiary alicyclic amines) is 2. The molecule has 2 saturated heterocycles. The summed E-state index contributed by atoms with van der Waals surface area (Å²) in [5, 5.41) is 6.50. The number of hydrazine groups is 1. The van der Waals surface area contributed by atoms with Crippen LogP contribution in [0.4, 0.5) is 4.79 Å². The fourth-order valence-corrected chi connectivity index (χ4v) is 5.97. The predicted octanol–water partition coefficient (Wildman–Crippen LogP) is 3.82. The maximum Gasteiger partial charge on any atom is 0.338 e. The van der Waals surface area contributed by atoms with E-state index in [1.807, 2.05) is 11.0 Å². The Hall–Kier alpha value is -2.26. The summed E-state index contributed by atoms with van der Waals surface area (Å²) in [4.78, 5) is 32.1. The molecule has 33 heavy (non-hydrogen) atoms. The Kier molecular flexibility index (Phi) is 6.03. The van der Waals surface area contributed by atoms with Gasteiger partial charge in [0.2, 0.25) is 5.91 Å². The van der Waals surface area contributed by atoms with Gasteiger partial charge in [-0.2, -0.15) is 0 Å². The number of piperidine rings is 1. The van der Waals surface area contributed by atoms with Crippen LogP contribution in [0.5, 0.6) is 0 Å². The number of hydrogen-bond donors (Lipinski definition) is 3. The van der Waals surface area contributed by atoms with Crippen molar-refractivity contribution in [3.63, 3.8) is 0 Å². The van der Waals surface area contributed by atoms with Crippen molar-refractivity contribution < 1.29 is 9.59 Å². The summed E-state index contributed by atoms with van der Waals surface area (Å²) in [6.45, 7) is 4.75. The third-order valence-corrected chi connectivity index (χ3v) is 7.55. The number of carbonyl (C=O) groups excluding carboxylic acids is 2. The lowest BCUT2D eigenvalue weighted by Gasteiger charge is -2.45. The van der Waals surface area contributed by atoms with Crippen molar-refractivity contribution in [2.24, 2.45) is 0 Å². The minimum absolute atomic E-state index is 0.0827. The van der Waals surface area contributed by atoms with Crippen molar-refractivity contribution in [1.82, 2.24) is 30.5 Å². The summed E-state index contributed by atoms with van der Waals surface area (Å²) < 4.78 is 0. The molecule has 1 atom stereocenters. The molecule has 1 aromatic carbocycles. The van der Waals surface area contributed by atoms with Crippen LogP contribution in [0.1, 0.15) is 38.3 Å². The fraction of sp³-hybridized carbons (Fsp3) is 0.478. The lowest BCUT2D eigenvalue weighted by molar-refractivity contribution is -0.119. The van der Waals surface area contributed by atoms with Crippen molar-refractivity contribution in [2.75, 3.05) is 19.6 Å². The number of aromatic amines is 1. The quantitative estimate of drug-likeness (QED) is 0.610. The monoisotopic (exact) mass is 490 g/mol. The third kappa shape index (κ3) is 4.45. The van der Waals surface area contributed by atoms with E-state index in [0.29, 0.717) is 23.1 Å². The van der Waals surface area contributed by atoms with Gasteiger partial charge in [-0.3, -0.25) is 9.69 Å². The third-order valence-electron chi connectivity index (χ3n) is 7.04. The molecule has 3 N–H and O–H groups in total. The van der Waals surface area contributed by atoms with Crippen LogP contribution in [-0.4, -0.2) is 63.1 Å². The van der Waals surface area contributed by atoms with Crippen molar-refractivity contribution in [3.8, 4) is 0 Å². The van der Waals surface area contributed by atoms with Gasteiger partial charge in [0.1, 0.15) is 6.17 Å². The second-order valence-electron chi connectivity index (χ2n) is 9.18. The van der Waals surface area contributed by atoms with Gasteiger partial charge in [-0.1, -0.05) is 23.2 Å². The highest BCUT2D eigenvalue weighted by atomic mass is 35.5. The van der Waals surface area contributed by atoms with Gasteiger partial charge in [0.15, 0.2) is 0 Å². The molecule has 1 aromatic heterocycles. The Balaban J connectivity index is 1.22. The van der Waals surface area contributed by atoms with E-state index in [4.69, 9.17) is 23.2 Å². The number of nitrogens with one attached hydrogen (secondary N) is 3. The molecule has 5 rings (SSSR count). The summed E-state index contributed by atoms with van der Waals surface area (Å²) in [5.74, 6) is -0.145. The predicted molar refractivity (Wildman–Crippen MR) is 129 cm³/mol. The lowest BCUT2D eigenvalue weighted by atomic mass is 9.85. The molecule has 0 radical (unpaired) electrons. The maximum absolute atomic E-state index is 12.9. The van der Waals surface area contributed by atoms with Crippen LogP contribution in [0.25, 0.3) is 10.9 Å². The highest BCUT2D eigenvalue weighted by molar-refractivity contribution is 6.38. The van der Waals surface area contributed by atoms with Crippen LogP contribution < -0.4 is 10.7 Å². The molecule has 4 heterocycles. The van der Waals surface area contributed by atoms with Gasteiger partial charge in [-0.15, -0.1) is 0 Å². The molecule has 8 nitrogen and oxygen atoms in total. The molecule has 1 unspecified atom stereocenters. The summed E-state index contributed by atoms with van der Waals surface area (Å²) in [7, 11) is 0. The zero-order chi connectivity index (χ0) is 23.2. The zero-order valence-electron chi connectivity index (χ0n) is 18.5. The molecule has 2 aromatic rings. The Bertz CT molecular complexity index is 1110. The number of nitrogens with zero attached hydrogens (tertiary/aromatic N) is 3. The number of urea groups is 1. The average molecular weight is 491 g/mol. The van der Waals surface area contributed by atoms with Crippen LogP contribution in [-0.2, 0) is 11.3 Å². The Labute approximate surface area is 202 Å². The maximum atomic E-state index is 12.9. The smallest absolute Gasteiger partial charge is 0.338 e. The van der Waals surface area contributed by atoms with Gasteiger partial charge < -0.3 is 15.2 Å². The summed E-state index contributed by atoms with van der Waals surface area (Å²) in [6, 6.07) is 5.75. The zero-order valence-corrected chi connectivity index (χ0v) is 20.0. The minimum Gasteiger partial charge on any atom is -0.356 e. The van der Waals surface area contributed by atoms with Gasteiger partial charge in [0.25, 0.3) is 0 Å². The minimum atomic E-state index is -0.354. The van der Waals surface area contributed by atoms with Gasteiger partial charge in [-0.05, 0) is 56.5 Å². The molecular weight excluding hydrogens is 463 g/mol. The number of halogens is 2. The number of amides is 3. The van der Waals surface area contributed by atoms with E-state index in [0.717, 1.165) is 55.4 Å². The normalized spacial score (nSPS) is 22.6. The standard InChI is InChI=1S/C23H28Cl2N6O2/c1-15(32)26-20-3-8-31(28-20)22(33)29-9-5-23(6-10-29)4-2-7-30(23)14-18-12-16-11-17(24)13-19(25)21(16)27-18/h3,8,11-13,20,27-28H,2,4-7,9-10,14H2,1H3,(H,26,32). The van der Waals surface area contributed by atoms with Gasteiger partial charge in [-0.25, -0.2) is 15.2 Å². The van der Waals surface area contributed by atoms with Crippen molar-refractivity contribution in [2.45, 2.75) is 50.9 Å². The van der Waals surface area contributed by atoms with Crippen LogP contribution in [0, 0.1) is 0 Å². The number of benzene rings is 1. The molecule has 0 saturated carbocycles. The largest absolute Gasteiger partial charge is 0.356 e. The molecule has 176 valence electrons. The lowest BCUT2D eigenvalue weighted by Crippen LogP contribution is -2.57. The number of rotatable bonds is 3. The van der Waals surface area contributed by atoms with Crippen LogP contribution in [0.2, 0.25) is 10.0 Å². The number of H-pyrrole nitrogens is 1. The molecule has 3 amide bonds. The van der Waals surface area contributed by atoms with E-state index in [9.17, 15) is 9.59 Å². The Morgan fingerprint density at radius 1 is 1.15 bits per heavy atom. The van der Waals surface area contributed by atoms with Gasteiger partial charge in [0, 0.05) is 54.4 Å². The number of aromatic nitrogens is 1. The van der Waals surface area contributed by atoms with E-state index in [-0.39, 0.29) is 23.6 Å². The molecular formula is C23H28Cl2N6O2. The van der Waals surface area contributed by atoms with E-state index in [1.165, 1.54) is 11.9 Å². The fourth-order valence-electron chi connectivity index (χ4n) is 5.41. The number of fused-ring (bicyclic) bond motifs is 1. The molecule has 3 aliphatic heterocycles. The van der Waals surface area contributed by atoms with Crippen molar-refractivity contribution >= 4 is 46.0 Å². The van der Waals surface area contributed by atoms with Crippen LogP contribution in [0.3, 0.4) is 0 Å². The summed E-state index contributed by atoms with van der Waals surface area (Å²) >= 11 is 12.5. The van der Waals surface area contributed by atoms with Crippen LogP contribution in [0.15, 0.2) is 30.5 Å². The first-order valence-corrected chi connectivity index (χ1v) is 12.1. The molecule has 10 heteroatoms. The van der Waals surface area contributed by atoms with E-state index < -0.39 is 0 Å². The number of hydrogen-bond acceptors (Lipinski definition) is 4. The molecule has 1 spiro atoms. The van der Waals surface area contributed by atoms with Gasteiger partial charge in [0.05, 0.1) is 10.5 Å². The summed E-state index contributed by atoms with van der Waals surface area (Å²) in [5.41, 5.74) is 5.17. The number of carbonyl (C=O) groups is 2. The van der Waals surface area contributed by atoms with Crippen molar-refractivity contribution in [1.29, 1.82) is 0 Å². The molecule has 3 aliphatic rings. The second-order valence-corrected chi connectivity index (χ2v) is 10.0. The first-order valence-electron chi connectivity index (χ1n) is 11.3. The van der Waals surface area contributed by atoms with E-state index in [2.05, 4.69) is 26.7 Å². The second kappa shape index (κ2) is 8.83. The molecule has 2 fully saturated rings. The Morgan fingerprint density at radius 3 is 2.70 bits per heavy atom. The average Bonchev–Trinajstić information content (AvgIpc) is 3.48. The molecule has 0 aliphatic carbocycles. The van der Waals surface area contributed by atoms with E-state index >= 15 is 0 Å². The SMILES string of the molecule is CC(=O)NC1C=CN(C(=O)N2CCC3(CCCN3Cc3cc4cc(Cl)cc(Cl)c4[nH]3)CC2)N1.